The van der Waals surface area contributed by atoms with Crippen molar-refractivity contribution in [2.75, 3.05) is 13.2 Å². The molecule has 4 nitrogen and oxygen atoms in total. The molecule has 0 bridgehead atoms. The molecule has 3 rings (SSSR count). The summed E-state index contributed by atoms with van der Waals surface area (Å²) >= 11 is 0. The van der Waals surface area contributed by atoms with Crippen LogP contribution >= 0.6 is 0 Å². The van der Waals surface area contributed by atoms with E-state index in [1.165, 1.54) is 0 Å². The van der Waals surface area contributed by atoms with E-state index < -0.39 is 0 Å². The lowest BCUT2D eigenvalue weighted by Crippen LogP contribution is -2.11. The van der Waals surface area contributed by atoms with Crippen LogP contribution in [0.15, 0.2) is 36.9 Å². The Balaban J connectivity index is 1.84. The molecule has 3 heterocycles. The Morgan fingerprint density at radius 2 is 2.18 bits per heavy atom. The maximum absolute atomic E-state index is 5.41. The van der Waals surface area contributed by atoms with Gasteiger partial charge in [0.25, 0.3) is 0 Å². The lowest BCUT2D eigenvalue weighted by Gasteiger charge is -2.11. The normalized spacial score (nSPS) is 19.6. The highest BCUT2D eigenvalue weighted by Gasteiger charge is 2.17. The molecule has 1 fully saturated rings. The van der Waals surface area contributed by atoms with Gasteiger partial charge in [0.15, 0.2) is 0 Å². The molecule has 0 saturated carbocycles. The van der Waals surface area contributed by atoms with Crippen molar-refractivity contribution in [3.63, 3.8) is 0 Å². The highest BCUT2D eigenvalue weighted by molar-refractivity contribution is 5.54. The van der Waals surface area contributed by atoms with E-state index in [2.05, 4.69) is 14.5 Å². The quantitative estimate of drug-likeness (QED) is 0.808. The van der Waals surface area contributed by atoms with E-state index in [9.17, 15) is 0 Å². The predicted molar refractivity (Wildman–Crippen MR) is 64.4 cm³/mol. The van der Waals surface area contributed by atoms with Crippen LogP contribution in [0.25, 0.3) is 11.4 Å². The van der Waals surface area contributed by atoms with Crippen LogP contribution in [0.2, 0.25) is 0 Å². The van der Waals surface area contributed by atoms with Crippen LogP contribution in [-0.4, -0.2) is 27.7 Å². The molecule has 1 saturated heterocycles. The van der Waals surface area contributed by atoms with Gasteiger partial charge in [-0.15, -0.1) is 0 Å². The molecule has 0 N–H and O–H groups in total. The number of rotatable bonds is 3. The molecular weight excluding hydrogens is 214 g/mol. The third kappa shape index (κ3) is 2.22. The molecule has 0 amide bonds. The predicted octanol–water partition coefficient (Wildman–Crippen LogP) is 1.98. The van der Waals surface area contributed by atoms with Crippen molar-refractivity contribution >= 4 is 0 Å². The molecule has 2 aromatic heterocycles. The highest BCUT2D eigenvalue weighted by atomic mass is 16.5. The van der Waals surface area contributed by atoms with Crippen LogP contribution in [0.4, 0.5) is 0 Å². The highest BCUT2D eigenvalue weighted by Crippen LogP contribution is 2.20. The van der Waals surface area contributed by atoms with Gasteiger partial charge in [0.1, 0.15) is 5.82 Å². The first-order valence-electron chi connectivity index (χ1n) is 5.93. The molecule has 4 heteroatoms. The van der Waals surface area contributed by atoms with E-state index >= 15 is 0 Å². The van der Waals surface area contributed by atoms with Crippen molar-refractivity contribution in [3.8, 4) is 11.4 Å². The van der Waals surface area contributed by atoms with Crippen LogP contribution in [0.5, 0.6) is 0 Å². The second-order valence-corrected chi connectivity index (χ2v) is 4.37. The summed E-state index contributed by atoms with van der Waals surface area (Å²) in [5.74, 6) is 1.63. The number of ether oxygens (including phenoxy) is 1. The minimum atomic E-state index is 0.616. The fraction of sp³-hybridized carbons (Fsp3) is 0.385. The van der Waals surface area contributed by atoms with Gasteiger partial charge in [-0.1, -0.05) is 0 Å². The third-order valence-corrected chi connectivity index (χ3v) is 3.13. The summed E-state index contributed by atoms with van der Waals surface area (Å²) in [7, 11) is 0. The zero-order chi connectivity index (χ0) is 11.5. The lowest BCUT2D eigenvalue weighted by molar-refractivity contribution is 0.182. The van der Waals surface area contributed by atoms with Gasteiger partial charge in [0.05, 0.1) is 6.61 Å². The minimum Gasteiger partial charge on any atom is -0.381 e. The molecule has 1 aliphatic heterocycles. The zero-order valence-electron chi connectivity index (χ0n) is 9.62. The Labute approximate surface area is 100 Å². The van der Waals surface area contributed by atoms with Gasteiger partial charge in [0, 0.05) is 49.4 Å². The zero-order valence-corrected chi connectivity index (χ0v) is 9.62. The molecule has 0 radical (unpaired) electrons. The Morgan fingerprint density at radius 1 is 1.29 bits per heavy atom. The van der Waals surface area contributed by atoms with Crippen LogP contribution < -0.4 is 0 Å². The molecule has 17 heavy (non-hydrogen) atoms. The molecule has 0 spiro atoms. The Morgan fingerprint density at radius 3 is 2.94 bits per heavy atom. The molecule has 2 aromatic rings. The van der Waals surface area contributed by atoms with Crippen LogP contribution in [0.1, 0.15) is 6.42 Å². The summed E-state index contributed by atoms with van der Waals surface area (Å²) in [5.41, 5.74) is 1.11. The molecular formula is C13H15N3O. The summed E-state index contributed by atoms with van der Waals surface area (Å²) in [6, 6.07) is 3.98. The van der Waals surface area contributed by atoms with E-state index in [0.29, 0.717) is 5.92 Å². The lowest BCUT2D eigenvalue weighted by atomic mass is 10.1. The third-order valence-electron chi connectivity index (χ3n) is 3.13. The maximum atomic E-state index is 5.41. The van der Waals surface area contributed by atoms with Gasteiger partial charge >= 0.3 is 0 Å². The monoisotopic (exact) mass is 229 g/mol. The van der Waals surface area contributed by atoms with Crippen LogP contribution in [0.3, 0.4) is 0 Å². The fourth-order valence-electron chi connectivity index (χ4n) is 2.22. The Bertz CT molecular complexity index is 474. The standard InChI is InChI=1S/C13H15N3O/c1-4-14-5-2-12(1)13-15-6-7-16(13)9-11-3-8-17-10-11/h1-2,4-7,11H,3,8-10H2/t11-/m0/s1. The first-order chi connectivity index (χ1) is 8.43. The second kappa shape index (κ2) is 4.67. The summed E-state index contributed by atoms with van der Waals surface area (Å²) in [6.45, 7) is 2.75. The largest absolute Gasteiger partial charge is 0.381 e. The topological polar surface area (TPSA) is 39.9 Å². The first-order valence-corrected chi connectivity index (χ1v) is 5.93. The van der Waals surface area contributed by atoms with Gasteiger partial charge in [0.2, 0.25) is 0 Å². The number of nitrogens with zero attached hydrogens (tertiary/aromatic N) is 3. The average molecular weight is 229 g/mol. The van der Waals surface area contributed by atoms with Crippen molar-refractivity contribution in [2.24, 2.45) is 5.92 Å². The molecule has 1 aliphatic rings. The van der Waals surface area contributed by atoms with Gasteiger partial charge in [-0.3, -0.25) is 4.98 Å². The summed E-state index contributed by atoms with van der Waals surface area (Å²) in [4.78, 5) is 8.45. The van der Waals surface area contributed by atoms with Crippen LogP contribution in [-0.2, 0) is 11.3 Å². The van der Waals surface area contributed by atoms with Gasteiger partial charge < -0.3 is 9.30 Å². The number of aromatic nitrogens is 3. The van der Waals surface area contributed by atoms with Crippen molar-refractivity contribution in [2.45, 2.75) is 13.0 Å². The van der Waals surface area contributed by atoms with E-state index in [4.69, 9.17) is 4.74 Å². The average Bonchev–Trinajstić information content (AvgIpc) is 3.02. The summed E-state index contributed by atoms with van der Waals surface area (Å²) < 4.78 is 7.61. The Hall–Kier alpha value is -1.68. The first kappa shape index (κ1) is 10.5. The van der Waals surface area contributed by atoms with Crippen LogP contribution in [0, 0.1) is 5.92 Å². The molecule has 1 atom stereocenters. The second-order valence-electron chi connectivity index (χ2n) is 4.37. The van der Waals surface area contributed by atoms with Crippen molar-refractivity contribution in [3.05, 3.63) is 36.9 Å². The van der Waals surface area contributed by atoms with E-state index in [0.717, 1.165) is 37.6 Å². The van der Waals surface area contributed by atoms with Crippen molar-refractivity contribution in [1.29, 1.82) is 0 Å². The van der Waals surface area contributed by atoms with E-state index in [-0.39, 0.29) is 0 Å². The number of imidazole rings is 1. The van der Waals surface area contributed by atoms with Gasteiger partial charge in [-0.25, -0.2) is 4.98 Å². The summed E-state index contributed by atoms with van der Waals surface area (Å²) in [5, 5.41) is 0. The maximum Gasteiger partial charge on any atom is 0.139 e. The van der Waals surface area contributed by atoms with Gasteiger partial charge in [-0.05, 0) is 18.6 Å². The van der Waals surface area contributed by atoms with Gasteiger partial charge in [-0.2, -0.15) is 0 Å². The molecule has 0 aromatic carbocycles. The molecule has 0 aliphatic carbocycles. The number of hydrogen-bond donors (Lipinski definition) is 0. The Kier molecular flexibility index (Phi) is 2.88. The van der Waals surface area contributed by atoms with E-state index in [1.807, 2.05) is 24.5 Å². The SMILES string of the molecule is c1cc(-c2nccn2C[C@@H]2CCOC2)ccn1. The number of pyridine rings is 1. The van der Waals surface area contributed by atoms with Crippen molar-refractivity contribution < 1.29 is 4.74 Å². The molecule has 0 unspecified atom stereocenters. The number of hydrogen-bond acceptors (Lipinski definition) is 3. The summed E-state index contributed by atoms with van der Waals surface area (Å²) in [6.07, 6.45) is 8.63. The smallest absolute Gasteiger partial charge is 0.139 e. The fourth-order valence-corrected chi connectivity index (χ4v) is 2.22. The molecule has 88 valence electrons. The van der Waals surface area contributed by atoms with Crippen molar-refractivity contribution in [1.82, 2.24) is 14.5 Å². The minimum absolute atomic E-state index is 0.616. The van der Waals surface area contributed by atoms with E-state index in [1.54, 1.807) is 12.4 Å².